The van der Waals surface area contributed by atoms with Gasteiger partial charge in [-0.25, -0.2) is 26.3 Å². The first kappa shape index (κ1) is 21.6. The molecule has 2 aromatic rings. The maximum atomic E-state index is 14.4. The molecule has 31 heavy (non-hydrogen) atoms. The molecule has 0 amide bonds. The molecule has 4 rings (SSSR count). The molecule has 1 aliphatic carbocycles. The van der Waals surface area contributed by atoms with E-state index in [1.54, 1.807) is 13.0 Å². The van der Waals surface area contributed by atoms with E-state index in [-0.39, 0.29) is 35.4 Å². The van der Waals surface area contributed by atoms with Crippen molar-refractivity contribution >= 4 is 15.9 Å². The van der Waals surface area contributed by atoms with E-state index >= 15 is 0 Å². The van der Waals surface area contributed by atoms with Crippen LogP contribution in [0.4, 0.5) is 13.2 Å². The summed E-state index contributed by atoms with van der Waals surface area (Å²) in [6.07, 6.45) is 2.87. The van der Waals surface area contributed by atoms with E-state index in [0.29, 0.717) is 36.4 Å². The number of hydrogen-bond acceptors (Lipinski definition) is 6. The van der Waals surface area contributed by atoms with Crippen molar-refractivity contribution in [3.63, 3.8) is 0 Å². The van der Waals surface area contributed by atoms with Gasteiger partial charge in [0.05, 0.1) is 23.9 Å². The first-order valence-corrected chi connectivity index (χ1v) is 11.5. The summed E-state index contributed by atoms with van der Waals surface area (Å²) in [4.78, 5) is 9.69. The van der Waals surface area contributed by atoms with Gasteiger partial charge in [0.2, 0.25) is 15.9 Å². The van der Waals surface area contributed by atoms with Crippen molar-refractivity contribution in [2.24, 2.45) is 5.16 Å². The number of aryl methyl sites for hydroxylation is 1. The lowest BCUT2D eigenvalue weighted by molar-refractivity contribution is 0.0741. The molecule has 0 spiro atoms. The summed E-state index contributed by atoms with van der Waals surface area (Å²) >= 11 is 0. The maximum Gasteiger partial charge on any atom is 0.230 e. The highest BCUT2D eigenvalue weighted by molar-refractivity contribution is 7.88. The summed E-state index contributed by atoms with van der Waals surface area (Å²) in [5, 5.41) is 3.90. The normalized spacial score (nSPS) is 23.1. The molecule has 0 radical (unpaired) electrons. The van der Waals surface area contributed by atoms with Crippen molar-refractivity contribution in [1.29, 1.82) is 0 Å². The topological polar surface area (TPSA) is 89.9 Å². The predicted molar refractivity (Wildman–Crippen MR) is 106 cm³/mol. The molecular weight excluding hydrogens is 435 g/mol. The van der Waals surface area contributed by atoms with Gasteiger partial charge in [0.1, 0.15) is 23.6 Å². The number of halogens is 3. The van der Waals surface area contributed by atoms with E-state index in [9.17, 15) is 21.6 Å². The van der Waals surface area contributed by atoms with Crippen LogP contribution in [-0.2, 0) is 19.6 Å². The quantitative estimate of drug-likeness (QED) is 0.747. The summed E-state index contributed by atoms with van der Waals surface area (Å²) in [6.45, 7) is 1.72. The zero-order valence-electron chi connectivity index (χ0n) is 16.7. The van der Waals surface area contributed by atoms with E-state index < -0.39 is 33.6 Å². The third-order valence-electron chi connectivity index (χ3n) is 5.06. The molecule has 1 N–H and O–H groups in total. The van der Waals surface area contributed by atoms with Gasteiger partial charge < -0.3 is 9.57 Å². The Morgan fingerprint density at radius 2 is 1.84 bits per heavy atom. The molecule has 1 aromatic heterocycles. The van der Waals surface area contributed by atoms with E-state index in [2.05, 4.69) is 14.9 Å². The number of nitrogens with one attached hydrogen (secondary N) is 1. The van der Waals surface area contributed by atoms with Crippen LogP contribution in [0.1, 0.15) is 36.6 Å². The summed E-state index contributed by atoms with van der Waals surface area (Å²) < 4.78 is 72.9. The second-order valence-corrected chi connectivity index (χ2v) is 9.55. The van der Waals surface area contributed by atoms with E-state index in [0.717, 1.165) is 6.26 Å². The minimum Gasteiger partial charge on any atom is -0.475 e. The van der Waals surface area contributed by atoms with Gasteiger partial charge in [-0.05, 0) is 18.6 Å². The van der Waals surface area contributed by atoms with E-state index in [4.69, 9.17) is 9.57 Å². The molecule has 2 heterocycles. The fourth-order valence-corrected chi connectivity index (χ4v) is 4.46. The van der Waals surface area contributed by atoms with Gasteiger partial charge in [-0.2, -0.15) is 0 Å². The molecule has 1 aromatic carbocycles. The molecule has 7 nitrogen and oxygen atoms in total. The van der Waals surface area contributed by atoms with Gasteiger partial charge in [-0.1, -0.05) is 5.16 Å². The monoisotopic (exact) mass is 455 g/mol. The lowest BCUT2D eigenvalue weighted by Crippen LogP contribution is -2.47. The first-order chi connectivity index (χ1) is 14.6. The molecule has 1 aliphatic heterocycles. The average molecular weight is 455 g/mol. The van der Waals surface area contributed by atoms with Gasteiger partial charge in [0.25, 0.3) is 0 Å². The van der Waals surface area contributed by atoms with Crippen LogP contribution in [0, 0.1) is 24.4 Å². The number of ether oxygens (including phenoxy) is 1. The van der Waals surface area contributed by atoms with Crippen LogP contribution in [0.3, 0.4) is 0 Å². The Balaban J connectivity index is 1.48. The largest absolute Gasteiger partial charge is 0.475 e. The van der Waals surface area contributed by atoms with Crippen molar-refractivity contribution in [2.75, 3.05) is 6.26 Å². The number of nitrogens with zero attached hydrogens (tertiary/aromatic N) is 2. The maximum absolute atomic E-state index is 14.4. The molecule has 1 saturated carbocycles. The third-order valence-corrected chi connectivity index (χ3v) is 5.82. The van der Waals surface area contributed by atoms with Crippen LogP contribution < -0.4 is 4.72 Å². The highest BCUT2D eigenvalue weighted by atomic mass is 32.2. The molecule has 166 valence electrons. The fraction of sp³-hybridized carbons (Fsp3) is 0.400. The predicted octanol–water partition coefficient (Wildman–Crippen LogP) is 3.35. The average Bonchev–Trinajstić information content (AvgIpc) is 3.06. The highest BCUT2D eigenvalue weighted by Crippen LogP contribution is 2.37. The Morgan fingerprint density at radius 1 is 1.16 bits per heavy atom. The van der Waals surface area contributed by atoms with E-state index in [1.165, 1.54) is 6.20 Å². The number of hydrogen-bond donors (Lipinski definition) is 1. The van der Waals surface area contributed by atoms with Crippen LogP contribution in [-0.4, -0.2) is 37.7 Å². The standard InChI is InChI=1S/C20H20F3N3O4S/c1-10-3-14(19-15(22)4-11(21)5-16(19)23)20(24-9-10)17-8-18(25-30-17)29-13-6-12(7-13)26-31(2,27)28/h3-5,9,12-13,17,26H,6-8H2,1-2H3/t12-,13-,17-/m0/s1. The Morgan fingerprint density at radius 3 is 2.48 bits per heavy atom. The summed E-state index contributed by atoms with van der Waals surface area (Å²) in [5.41, 5.74) is 0.676. The third kappa shape index (κ3) is 4.82. The Bertz CT molecular complexity index is 1130. The SMILES string of the molecule is Cc1cnc([C@@H]2CC(O[C@H]3C[C@H](NS(C)(=O)=O)C3)=NO2)c(-c2c(F)cc(F)cc2F)c1. The molecule has 2 aliphatic rings. The van der Waals surface area contributed by atoms with Crippen molar-refractivity contribution < 1.29 is 31.2 Å². The Labute approximate surface area is 177 Å². The smallest absolute Gasteiger partial charge is 0.230 e. The Hall–Kier alpha value is -2.66. The highest BCUT2D eigenvalue weighted by Gasteiger charge is 2.36. The van der Waals surface area contributed by atoms with Gasteiger partial charge in [-0.15, -0.1) is 0 Å². The lowest BCUT2D eigenvalue weighted by atomic mass is 9.90. The molecule has 0 bridgehead atoms. The minimum atomic E-state index is -3.28. The molecule has 0 unspecified atom stereocenters. The number of aromatic nitrogens is 1. The molecule has 0 saturated heterocycles. The summed E-state index contributed by atoms with van der Waals surface area (Å²) in [7, 11) is -3.28. The number of rotatable bonds is 5. The van der Waals surface area contributed by atoms with Crippen LogP contribution in [0.2, 0.25) is 0 Å². The number of benzene rings is 1. The lowest BCUT2D eigenvalue weighted by Gasteiger charge is -2.34. The Kier molecular flexibility index (Phi) is 5.65. The summed E-state index contributed by atoms with van der Waals surface area (Å²) in [6, 6.07) is 2.59. The van der Waals surface area contributed by atoms with Crippen LogP contribution >= 0.6 is 0 Å². The second-order valence-electron chi connectivity index (χ2n) is 7.77. The molecule has 1 fully saturated rings. The molecule has 1 atom stereocenters. The van der Waals surface area contributed by atoms with Gasteiger partial charge in [0.15, 0.2) is 6.10 Å². The van der Waals surface area contributed by atoms with E-state index in [1.807, 2.05) is 0 Å². The number of pyridine rings is 1. The van der Waals surface area contributed by atoms with Gasteiger partial charge in [-0.3, -0.25) is 4.98 Å². The summed E-state index contributed by atoms with van der Waals surface area (Å²) in [5.74, 6) is -2.80. The van der Waals surface area contributed by atoms with Crippen LogP contribution in [0.5, 0.6) is 0 Å². The zero-order chi connectivity index (χ0) is 22.3. The van der Waals surface area contributed by atoms with Crippen molar-refractivity contribution in [1.82, 2.24) is 9.71 Å². The zero-order valence-corrected chi connectivity index (χ0v) is 17.5. The molecule has 11 heteroatoms. The first-order valence-electron chi connectivity index (χ1n) is 9.57. The second kappa shape index (κ2) is 8.12. The minimum absolute atomic E-state index is 0.150. The van der Waals surface area contributed by atoms with Crippen molar-refractivity contribution in [2.45, 2.75) is 44.4 Å². The van der Waals surface area contributed by atoms with Gasteiger partial charge >= 0.3 is 0 Å². The van der Waals surface area contributed by atoms with Gasteiger partial charge in [0, 0.05) is 42.8 Å². The molecular formula is C20H20F3N3O4S. The fourth-order valence-electron chi connectivity index (χ4n) is 3.66. The van der Waals surface area contributed by atoms with Crippen molar-refractivity contribution in [3.05, 3.63) is 53.1 Å². The number of oxime groups is 1. The van der Waals surface area contributed by atoms with Crippen molar-refractivity contribution in [3.8, 4) is 11.1 Å². The number of sulfonamides is 1. The van der Waals surface area contributed by atoms with Crippen LogP contribution in [0.25, 0.3) is 11.1 Å². The van der Waals surface area contributed by atoms with Crippen LogP contribution in [0.15, 0.2) is 29.6 Å².